The molecule has 0 aliphatic heterocycles. The van der Waals surface area contributed by atoms with Crippen molar-refractivity contribution in [1.82, 2.24) is 0 Å². The fraction of sp³-hybridized carbons (Fsp3) is 0.281. The highest BCUT2D eigenvalue weighted by atomic mass is 16.6. The van der Waals surface area contributed by atoms with Crippen molar-refractivity contribution in [2.75, 3.05) is 13.2 Å². The molecule has 3 aromatic rings. The maximum Gasteiger partial charge on any atom is 0.309 e. The SMILES string of the molecule is C=C(N=C(N=C(N)c1ccc(OCCOC(=O)C(CC)CCCC)cc1O)c1ccccc1)c1ccccc1. The molecule has 1 atom stereocenters. The zero-order chi connectivity index (χ0) is 28.0. The number of amidine groups is 2. The van der Waals surface area contributed by atoms with Crippen LogP contribution in [0.4, 0.5) is 0 Å². The van der Waals surface area contributed by atoms with Gasteiger partial charge in [-0.3, -0.25) is 4.79 Å². The highest BCUT2D eigenvalue weighted by Gasteiger charge is 2.17. The van der Waals surface area contributed by atoms with Crippen molar-refractivity contribution >= 4 is 23.3 Å². The van der Waals surface area contributed by atoms with Crippen LogP contribution in [0.25, 0.3) is 5.70 Å². The number of aliphatic imine (C=N–C) groups is 2. The molecule has 0 fully saturated rings. The van der Waals surface area contributed by atoms with Crippen molar-refractivity contribution in [3.05, 3.63) is 102 Å². The lowest BCUT2D eigenvalue weighted by atomic mass is 10.00. The van der Waals surface area contributed by atoms with Crippen LogP contribution < -0.4 is 10.5 Å². The van der Waals surface area contributed by atoms with Crippen LogP contribution in [0, 0.1) is 5.92 Å². The minimum atomic E-state index is -0.192. The molecule has 0 aliphatic rings. The number of aromatic hydroxyl groups is 1. The summed E-state index contributed by atoms with van der Waals surface area (Å²) in [5, 5.41) is 10.7. The van der Waals surface area contributed by atoms with Crippen molar-refractivity contribution in [3.8, 4) is 11.5 Å². The maximum atomic E-state index is 12.2. The average molecular weight is 528 g/mol. The molecule has 7 heteroatoms. The van der Waals surface area contributed by atoms with E-state index in [4.69, 9.17) is 15.2 Å². The fourth-order valence-electron chi connectivity index (χ4n) is 3.92. The molecule has 3 aromatic carbocycles. The molecule has 1 unspecified atom stereocenters. The van der Waals surface area contributed by atoms with Gasteiger partial charge in [-0.1, -0.05) is 93.9 Å². The van der Waals surface area contributed by atoms with Crippen molar-refractivity contribution in [2.45, 2.75) is 39.5 Å². The number of unbranched alkanes of at least 4 members (excludes halogenated alkanes) is 1. The standard InChI is InChI=1S/C32H37N3O4/c1-4-6-13-24(5-2)32(37)39-21-20-38-27-18-19-28(29(36)22-27)30(33)35-31(26-16-11-8-12-17-26)34-23(3)25-14-9-7-10-15-25/h7-12,14-19,22,24,36H,3-6,13,20-21H2,1-2H3,(H2,33,34,35). The molecule has 0 saturated carbocycles. The molecule has 0 aliphatic carbocycles. The first-order valence-electron chi connectivity index (χ1n) is 13.3. The zero-order valence-electron chi connectivity index (χ0n) is 22.7. The molecule has 0 aromatic heterocycles. The number of hydrogen-bond acceptors (Lipinski definition) is 5. The van der Waals surface area contributed by atoms with Gasteiger partial charge in [0.25, 0.3) is 0 Å². The normalized spacial score (nSPS) is 12.6. The second kappa shape index (κ2) is 15.1. The third-order valence-corrected chi connectivity index (χ3v) is 6.18. The Morgan fingerprint density at radius 3 is 2.23 bits per heavy atom. The summed E-state index contributed by atoms with van der Waals surface area (Å²) in [6.07, 6.45) is 3.64. The van der Waals surface area contributed by atoms with E-state index in [2.05, 4.69) is 23.5 Å². The van der Waals surface area contributed by atoms with Gasteiger partial charge in [-0.15, -0.1) is 0 Å². The smallest absolute Gasteiger partial charge is 0.309 e. The molecule has 39 heavy (non-hydrogen) atoms. The minimum absolute atomic E-state index is 0.0790. The number of carbonyl (C=O) groups is 1. The molecular formula is C32H37N3O4. The quantitative estimate of drug-likeness (QED) is 0.117. The van der Waals surface area contributed by atoms with Gasteiger partial charge in [-0.2, -0.15) is 0 Å². The number of benzene rings is 3. The largest absolute Gasteiger partial charge is 0.507 e. The molecule has 0 saturated heterocycles. The Bertz CT molecular complexity index is 1290. The minimum Gasteiger partial charge on any atom is -0.507 e. The van der Waals surface area contributed by atoms with Crippen LogP contribution in [-0.2, 0) is 9.53 Å². The molecule has 0 radical (unpaired) electrons. The van der Waals surface area contributed by atoms with Gasteiger partial charge >= 0.3 is 5.97 Å². The van der Waals surface area contributed by atoms with Crippen molar-refractivity contribution in [3.63, 3.8) is 0 Å². The zero-order valence-corrected chi connectivity index (χ0v) is 22.7. The Balaban J connectivity index is 1.69. The summed E-state index contributed by atoms with van der Waals surface area (Å²) < 4.78 is 11.0. The van der Waals surface area contributed by atoms with Crippen LogP contribution in [-0.4, -0.2) is 36.0 Å². The number of ether oxygens (including phenoxy) is 2. The van der Waals surface area contributed by atoms with Crippen LogP contribution in [0.2, 0.25) is 0 Å². The second-order valence-electron chi connectivity index (χ2n) is 9.05. The number of phenols is 1. The van der Waals surface area contributed by atoms with Crippen molar-refractivity contribution < 1.29 is 19.4 Å². The molecule has 3 rings (SSSR count). The molecule has 0 bridgehead atoms. The lowest BCUT2D eigenvalue weighted by Crippen LogP contribution is -2.20. The molecular weight excluding hydrogens is 490 g/mol. The van der Waals surface area contributed by atoms with Crippen LogP contribution >= 0.6 is 0 Å². The molecule has 3 N–H and O–H groups in total. The first-order valence-corrected chi connectivity index (χ1v) is 13.3. The van der Waals surface area contributed by atoms with E-state index in [0.717, 1.165) is 36.8 Å². The van der Waals surface area contributed by atoms with Gasteiger partial charge in [0.05, 0.1) is 17.2 Å². The van der Waals surface area contributed by atoms with Crippen LogP contribution in [0.1, 0.15) is 56.2 Å². The van der Waals surface area contributed by atoms with E-state index in [1.54, 1.807) is 12.1 Å². The summed E-state index contributed by atoms with van der Waals surface area (Å²) >= 11 is 0. The van der Waals surface area contributed by atoms with Crippen molar-refractivity contribution in [1.29, 1.82) is 0 Å². The number of carbonyl (C=O) groups excluding carboxylic acids is 1. The topological polar surface area (TPSA) is 107 Å². The number of esters is 1. The molecule has 0 heterocycles. The van der Waals surface area contributed by atoms with Crippen LogP contribution in [0.5, 0.6) is 11.5 Å². The number of hydrogen-bond donors (Lipinski definition) is 2. The van der Waals surface area contributed by atoms with Crippen LogP contribution in [0.3, 0.4) is 0 Å². The van der Waals surface area contributed by atoms with E-state index in [9.17, 15) is 9.90 Å². The highest BCUT2D eigenvalue weighted by Crippen LogP contribution is 2.24. The van der Waals surface area contributed by atoms with E-state index in [0.29, 0.717) is 22.8 Å². The summed E-state index contributed by atoms with van der Waals surface area (Å²) in [4.78, 5) is 21.4. The van der Waals surface area contributed by atoms with E-state index in [1.165, 1.54) is 6.07 Å². The molecule has 0 spiro atoms. The van der Waals surface area contributed by atoms with Gasteiger partial charge in [0.1, 0.15) is 30.5 Å². The van der Waals surface area contributed by atoms with Gasteiger partial charge in [-0.25, -0.2) is 9.98 Å². The molecule has 0 amide bonds. The fourth-order valence-corrected chi connectivity index (χ4v) is 3.92. The van der Waals surface area contributed by atoms with Gasteiger partial charge < -0.3 is 20.3 Å². The number of phenolic OH excluding ortho intramolecular Hbond substituents is 1. The van der Waals surface area contributed by atoms with E-state index in [-0.39, 0.29) is 36.7 Å². The Morgan fingerprint density at radius 1 is 0.949 bits per heavy atom. The summed E-state index contributed by atoms with van der Waals surface area (Å²) in [5.74, 6) is 0.521. The first kappa shape index (κ1) is 29.2. The predicted octanol–water partition coefficient (Wildman–Crippen LogP) is 6.35. The number of rotatable bonds is 13. The maximum absolute atomic E-state index is 12.2. The second-order valence-corrected chi connectivity index (χ2v) is 9.05. The first-order chi connectivity index (χ1) is 18.9. The summed E-state index contributed by atoms with van der Waals surface area (Å²) in [5.41, 5.74) is 8.80. The molecule has 204 valence electrons. The summed E-state index contributed by atoms with van der Waals surface area (Å²) in [6, 6.07) is 23.8. The Morgan fingerprint density at radius 2 is 1.62 bits per heavy atom. The summed E-state index contributed by atoms with van der Waals surface area (Å²) in [6.45, 7) is 8.48. The third kappa shape index (κ3) is 8.85. The molecule has 7 nitrogen and oxygen atoms in total. The predicted molar refractivity (Wildman–Crippen MR) is 157 cm³/mol. The van der Waals surface area contributed by atoms with Gasteiger partial charge in [0.15, 0.2) is 5.84 Å². The lowest BCUT2D eigenvalue weighted by molar-refractivity contribution is -0.149. The van der Waals surface area contributed by atoms with E-state index < -0.39 is 0 Å². The third-order valence-electron chi connectivity index (χ3n) is 6.18. The summed E-state index contributed by atoms with van der Waals surface area (Å²) in [7, 11) is 0. The highest BCUT2D eigenvalue weighted by molar-refractivity contribution is 6.13. The average Bonchev–Trinajstić information content (AvgIpc) is 2.96. The van der Waals surface area contributed by atoms with Gasteiger partial charge in [0.2, 0.25) is 0 Å². The number of nitrogens with zero attached hydrogens (tertiary/aromatic N) is 2. The number of nitrogens with two attached hydrogens (primary N) is 1. The Labute approximate surface area is 230 Å². The Hall–Kier alpha value is -4.39. The van der Waals surface area contributed by atoms with Crippen molar-refractivity contribution in [2.24, 2.45) is 21.6 Å². The Kier molecular flexibility index (Phi) is 11.3. The monoisotopic (exact) mass is 527 g/mol. The van der Waals surface area contributed by atoms with E-state index >= 15 is 0 Å². The lowest BCUT2D eigenvalue weighted by Gasteiger charge is -2.14. The van der Waals surface area contributed by atoms with E-state index in [1.807, 2.05) is 67.6 Å². The van der Waals surface area contributed by atoms with Gasteiger partial charge in [-0.05, 0) is 30.5 Å². The van der Waals surface area contributed by atoms with Crippen LogP contribution in [0.15, 0.2) is 95.4 Å². The van der Waals surface area contributed by atoms with Gasteiger partial charge in [0, 0.05) is 11.6 Å².